The highest BCUT2D eigenvalue weighted by molar-refractivity contribution is 6.42. The van der Waals surface area contributed by atoms with Crippen molar-refractivity contribution in [2.75, 3.05) is 26.2 Å². The molecule has 1 heterocycles. The fourth-order valence-electron chi connectivity index (χ4n) is 2.57. The zero-order chi connectivity index (χ0) is 15.5. The minimum atomic E-state index is -4.15. The molecule has 1 N–H and O–H groups in total. The van der Waals surface area contributed by atoms with Crippen LogP contribution in [0.15, 0.2) is 18.2 Å². The Bertz CT molecular complexity index is 474. The van der Waals surface area contributed by atoms with Crippen molar-refractivity contribution < 1.29 is 13.2 Å². The second-order valence-electron chi connectivity index (χ2n) is 5.13. The molecule has 21 heavy (non-hydrogen) atoms. The first-order valence-corrected chi connectivity index (χ1v) is 7.59. The summed E-state index contributed by atoms with van der Waals surface area (Å²) in [6.45, 7) is 3.01. The van der Waals surface area contributed by atoms with Gasteiger partial charge in [0.05, 0.1) is 10.0 Å². The van der Waals surface area contributed by atoms with Crippen LogP contribution in [0.2, 0.25) is 10.0 Å². The molecule has 0 unspecified atom stereocenters. The third-order valence-electron chi connectivity index (χ3n) is 3.62. The lowest BCUT2D eigenvalue weighted by molar-refractivity contribution is -0.138. The zero-order valence-electron chi connectivity index (χ0n) is 11.4. The van der Waals surface area contributed by atoms with E-state index in [0.29, 0.717) is 10.0 Å². The van der Waals surface area contributed by atoms with E-state index in [1.807, 2.05) is 0 Å². The molecule has 2 rings (SSSR count). The van der Waals surface area contributed by atoms with Crippen LogP contribution in [0.25, 0.3) is 0 Å². The van der Waals surface area contributed by atoms with E-state index in [2.05, 4.69) is 10.2 Å². The van der Waals surface area contributed by atoms with Crippen LogP contribution in [-0.4, -0.2) is 37.3 Å². The molecule has 1 aliphatic rings. The second kappa shape index (κ2) is 7.18. The molecule has 2 nitrogen and oxygen atoms in total. The molecule has 1 atom stereocenters. The summed E-state index contributed by atoms with van der Waals surface area (Å²) in [5, 5.41) is 3.99. The maximum atomic E-state index is 12.6. The van der Waals surface area contributed by atoms with Crippen molar-refractivity contribution in [1.82, 2.24) is 10.2 Å². The molecule has 0 spiro atoms. The van der Waals surface area contributed by atoms with Gasteiger partial charge in [-0.05, 0) is 24.1 Å². The number of benzene rings is 1. The van der Waals surface area contributed by atoms with Gasteiger partial charge in [0.2, 0.25) is 0 Å². The third kappa shape index (κ3) is 5.02. The molecule has 0 saturated carbocycles. The monoisotopic (exact) mass is 340 g/mol. The summed E-state index contributed by atoms with van der Waals surface area (Å²) in [5.74, 6) is 0. The number of nitrogens with zero attached hydrogens (tertiary/aromatic N) is 1. The van der Waals surface area contributed by atoms with Crippen LogP contribution < -0.4 is 5.32 Å². The fourth-order valence-corrected chi connectivity index (χ4v) is 2.88. The summed E-state index contributed by atoms with van der Waals surface area (Å²) in [7, 11) is 0. The minimum Gasteiger partial charge on any atom is -0.314 e. The predicted octanol–water partition coefficient (Wildman–Crippen LogP) is 4.28. The van der Waals surface area contributed by atoms with Crippen molar-refractivity contribution in [1.29, 1.82) is 0 Å². The Balaban J connectivity index is 2.18. The number of piperazine rings is 1. The topological polar surface area (TPSA) is 15.3 Å². The Labute approximate surface area is 132 Å². The molecule has 0 amide bonds. The molecule has 0 bridgehead atoms. The Morgan fingerprint density at radius 2 is 1.81 bits per heavy atom. The van der Waals surface area contributed by atoms with Gasteiger partial charge in [-0.15, -0.1) is 0 Å². The lowest BCUT2D eigenvalue weighted by Crippen LogP contribution is -2.45. The van der Waals surface area contributed by atoms with E-state index in [9.17, 15) is 13.2 Å². The third-order valence-corrected chi connectivity index (χ3v) is 4.36. The first-order chi connectivity index (χ1) is 9.87. The average molecular weight is 341 g/mol. The van der Waals surface area contributed by atoms with Gasteiger partial charge in [0.25, 0.3) is 0 Å². The van der Waals surface area contributed by atoms with Crippen molar-refractivity contribution in [3.05, 3.63) is 33.8 Å². The first-order valence-electron chi connectivity index (χ1n) is 6.83. The van der Waals surface area contributed by atoms with Crippen LogP contribution in [0.3, 0.4) is 0 Å². The van der Waals surface area contributed by atoms with Gasteiger partial charge in [-0.1, -0.05) is 29.3 Å². The molecular weight excluding hydrogens is 324 g/mol. The van der Waals surface area contributed by atoms with Gasteiger partial charge in [-0.25, -0.2) is 0 Å². The summed E-state index contributed by atoms with van der Waals surface area (Å²) in [6, 6.07) is 4.79. The number of halogens is 5. The zero-order valence-corrected chi connectivity index (χ0v) is 12.9. The fraction of sp³-hybridized carbons (Fsp3) is 0.571. The average Bonchev–Trinajstić information content (AvgIpc) is 2.43. The van der Waals surface area contributed by atoms with Crippen LogP contribution in [0.1, 0.15) is 24.4 Å². The maximum Gasteiger partial charge on any atom is 0.389 e. The molecular formula is C14H17Cl2F3N2. The summed E-state index contributed by atoms with van der Waals surface area (Å²) < 4.78 is 37.7. The molecule has 1 aromatic rings. The van der Waals surface area contributed by atoms with Crippen molar-refractivity contribution in [2.45, 2.75) is 25.1 Å². The summed E-state index contributed by atoms with van der Waals surface area (Å²) >= 11 is 11.9. The van der Waals surface area contributed by atoms with E-state index in [-0.39, 0.29) is 12.5 Å². The van der Waals surface area contributed by atoms with Crippen LogP contribution in [-0.2, 0) is 0 Å². The van der Waals surface area contributed by atoms with E-state index >= 15 is 0 Å². The van der Waals surface area contributed by atoms with Crippen molar-refractivity contribution in [3.8, 4) is 0 Å². The molecule has 1 aromatic carbocycles. The Morgan fingerprint density at radius 3 is 2.38 bits per heavy atom. The highest BCUT2D eigenvalue weighted by Gasteiger charge is 2.31. The SMILES string of the molecule is FC(F)(F)CC[C@H](c1ccc(Cl)c(Cl)c1)N1CCNCC1. The molecule has 1 aliphatic heterocycles. The second-order valence-corrected chi connectivity index (χ2v) is 5.94. The van der Waals surface area contributed by atoms with E-state index < -0.39 is 12.6 Å². The summed E-state index contributed by atoms with van der Waals surface area (Å²) in [4.78, 5) is 2.07. The van der Waals surface area contributed by atoms with Gasteiger partial charge in [0.1, 0.15) is 0 Å². The maximum absolute atomic E-state index is 12.6. The quantitative estimate of drug-likeness (QED) is 0.879. The summed E-state index contributed by atoms with van der Waals surface area (Å²) in [6.07, 6.45) is -4.92. The minimum absolute atomic E-state index is 0.0292. The standard InChI is InChI=1S/C14H17Cl2F3N2/c15-11-2-1-10(9-12(11)16)13(3-4-14(17,18)19)21-7-5-20-6-8-21/h1-2,9,13,20H,3-8H2/t13-/m1/s1. The highest BCUT2D eigenvalue weighted by atomic mass is 35.5. The lowest BCUT2D eigenvalue weighted by atomic mass is 9.99. The van der Waals surface area contributed by atoms with Gasteiger partial charge in [-0.3, -0.25) is 4.90 Å². The molecule has 1 saturated heterocycles. The molecule has 118 valence electrons. The van der Waals surface area contributed by atoms with Gasteiger partial charge in [0.15, 0.2) is 0 Å². The number of hydrogen-bond acceptors (Lipinski definition) is 2. The highest BCUT2D eigenvalue weighted by Crippen LogP contribution is 2.34. The van der Waals surface area contributed by atoms with Gasteiger partial charge < -0.3 is 5.32 Å². The van der Waals surface area contributed by atoms with Crippen LogP contribution in [0, 0.1) is 0 Å². The van der Waals surface area contributed by atoms with Crippen molar-refractivity contribution in [3.63, 3.8) is 0 Å². The normalized spacial score (nSPS) is 18.7. The van der Waals surface area contributed by atoms with Crippen molar-refractivity contribution >= 4 is 23.2 Å². The van der Waals surface area contributed by atoms with E-state index in [1.165, 1.54) is 0 Å². The number of alkyl halides is 3. The largest absolute Gasteiger partial charge is 0.389 e. The molecule has 0 aromatic heterocycles. The molecule has 0 aliphatic carbocycles. The van der Waals surface area contributed by atoms with E-state index in [1.54, 1.807) is 18.2 Å². The molecule has 1 fully saturated rings. The van der Waals surface area contributed by atoms with Crippen LogP contribution >= 0.6 is 23.2 Å². The number of nitrogens with one attached hydrogen (secondary N) is 1. The molecule has 0 radical (unpaired) electrons. The Kier molecular flexibility index (Phi) is 5.77. The first kappa shape index (κ1) is 16.9. The Morgan fingerprint density at radius 1 is 1.14 bits per heavy atom. The number of rotatable bonds is 4. The van der Waals surface area contributed by atoms with E-state index in [4.69, 9.17) is 23.2 Å². The van der Waals surface area contributed by atoms with Crippen LogP contribution in [0.5, 0.6) is 0 Å². The van der Waals surface area contributed by atoms with Crippen molar-refractivity contribution in [2.24, 2.45) is 0 Å². The van der Waals surface area contributed by atoms with Gasteiger partial charge in [0, 0.05) is 38.6 Å². The number of hydrogen-bond donors (Lipinski definition) is 1. The van der Waals surface area contributed by atoms with E-state index in [0.717, 1.165) is 31.7 Å². The van der Waals surface area contributed by atoms with Gasteiger partial charge >= 0.3 is 6.18 Å². The predicted molar refractivity (Wildman–Crippen MR) is 78.9 cm³/mol. The smallest absolute Gasteiger partial charge is 0.314 e. The molecule has 7 heteroatoms. The van der Waals surface area contributed by atoms with Gasteiger partial charge in [-0.2, -0.15) is 13.2 Å². The summed E-state index contributed by atoms with van der Waals surface area (Å²) in [5.41, 5.74) is 0.788. The van der Waals surface area contributed by atoms with Crippen LogP contribution in [0.4, 0.5) is 13.2 Å². The Hall–Kier alpha value is -0.490. The lowest BCUT2D eigenvalue weighted by Gasteiger charge is -2.35.